The van der Waals surface area contributed by atoms with Gasteiger partial charge in [-0.05, 0) is 52.2 Å². The molecule has 2 rings (SSSR count). The standard InChI is InChI=1S/C12H12Br2N2O/c1-7-6-8(13)2-3-9(7)11(16-15)12-10(14)4-5-17-12/h2-6,11,16H,15H2,1H3. The van der Waals surface area contributed by atoms with E-state index in [2.05, 4.69) is 43.4 Å². The Morgan fingerprint density at radius 3 is 2.59 bits per heavy atom. The Labute approximate surface area is 117 Å². The van der Waals surface area contributed by atoms with Crippen LogP contribution in [0.15, 0.2) is 43.9 Å². The number of hydrogen-bond acceptors (Lipinski definition) is 3. The number of hydrogen-bond donors (Lipinski definition) is 2. The Morgan fingerprint density at radius 2 is 2.06 bits per heavy atom. The molecule has 1 atom stereocenters. The summed E-state index contributed by atoms with van der Waals surface area (Å²) in [6.07, 6.45) is 1.64. The summed E-state index contributed by atoms with van der Waals surface area (Å²) in [7, 11) is 0. The van der Waals surface area contributed by atoms with Gasteiger partial charge in [0.15, 0.2) is 0 Å². The maximum Gasteiger partial charge on any atom is 0.140 e. The predicted molar refractivity (Wildman–Crippen MR) is 74.5 cm³/mol. The first-order valence-corrected chi connectivity index (χ1v) is 6.67. The average Bonchev–Trinajstić information content (AvgIpc) is 2.69. The van der Waals surface area contributed by atoms with Crippen molar-refractivity contribution >= 4 is 31.9 Å². The van der Waals surface area contributed by atoms with Crippen molar-refractivity contribution in [1.29, 1.82) is 0 Å². The topological polar surface area (TPSA) is 51.2 Å². The van der Waals surface area contributed by atoms with Crippen molar-refractivity contribution in [2.24, 2.45) is 5.84 Å². The van der Waals surface area contributed by atoms with Crippen LogP contribution in [-0.4, -0.2) is 0 Å². The van der Waals surface area contributed by atoms with E-state index in [0.717, 1.165) is 25.8 Å². The van der Waals surface area contributed by atoms with Gasteiger partial charge in [-0.25, -0.2) is 5.43 Å². The van der Waals surface area contributed by atoms with E-state index >= 15 is 0 Å². The molecule has 0 amide bonds. The highest BCUT2D eigenvalue weighted by atomic mass is 79.9. The molecule has 0 spiro atoms. The summed E-state index contributed by atoms with van der Waals surface area (Å²) in [5.74, 6) is 6.41. The zero-order valence-electron chi connectivity index (χ0n) is 9.21. The Balaban J connectivity index is 2.46. The summed E-state index contributed by atoms with van der Waals surface area (Å²) >= 11 is 6.89. The monoisotopic (exact) mass is 358 g/mol. The van der Waals surface area contributed by atoms with Gasteiger partial charge in [0.2, 0.25) is 0 Å². The second-order valence-electron chi connectivity index (χ2n) is 3.73. The van der Waals surface area contributed by atoms with Gasteiger partial charge < -0.3 is 4.42 Å². The van der Waals surface area contributed by atoms with Crippen molar-refractivity contribution in [3.05, 3.63) is 56.4 Å². The first kappa shape index (κ1) is 12.8. The van der Waals surface area contributed by atoms with Crippen LogP contribution in [0.3, 0.4) is 0 Å². The zero-order valence-corrected chi connectivity index (χ0v) is 12.4. The van der Waals surface area contributed by atoms with Crippen molar-refractivity contribution in [2.75, 3.05) is 0 Å². The molecule has 0 aliphatic carbocycles. The summed E-state index contributed by atoms with van der Waals surface area (Å²) in [5, 5.41) is 0. The highest BCUT2D eigenvalue weighted by Crippen LogP contribution is 2.31. The van der Waals surface area contributed by atoms with Crippen LogP contribution in [0.25, 0.3) is 0 Å². The van der Waals surface area contributed by atoms with Gasteiger partial charge in [0.25, 0.3) is 0 Å². The average molecular weight is 360 g/mol. The molecule has 1 heterocycles. The van der Waals surface area contributed by atoms with E-state index in [1.165, 1.54) is 0 Å². The van der Waals surface area contributed by atoms with E-state index in [1.807, 2.05) is 25.1 Å². The number of nitrogens with one attached hydrogen (secondary N) is 1. The minimum Gasteiger partial charge on any atom is -0.466 e. The lowest BCUT2D eigenvalue weighted by Gasteiger charge is -2.17. The highest BCUT2D eigenvalue weighted by molar-refractivity contribution is 9.10. The lowest BCUT2D eigenvalue weighted by molar-refractivity contribution is 0.449. The van der Waals surface area contributed by atoms with Crippen molar-refractivity contribution in [3.63, 3.8) is 0 Å². The van der Waals surface area contributed by atoms with Gasteiger partial charge in [0, 0.05) is 4.47 Å². The third-order valence-corrected chi connectivity index (χ3v) is 3.76. The molecule has 90 valence electrons. The number of hydrazine groups is 1. The van der Waals surface area contributed by atoms with Gasteiger partial charge in [0.1, 0.15) is 11.8 Å². The molecule has 17 heavy (non-hydrogen) atoms. The SMILES string of the molecule is Cc1cc(Br)ccc1C(NN)c1occc1Br. The summed E-state index contributed by atoms with van der Waals surface area (Å²) in [4.78, 5) is 0. The van der Waals surface area contributed by atoms with Gasteiger partial charge in [-0.1, -0.05) is 22.0 Å². The Kier molecular flexibility index (Phi) is 4.04. The van der Waals surface area contributed by atoms with Crippen LogP contribution in [0.2, 0.25) is 0 Å². The van der Waals surface area contributed by atoms with Gasteiger partial charge in [-0.2, -0.15) is 0 Å². The summed E-state index contributed by atoms with van der Waals surface area (Å²) in [5.41, 5.74) is 5.02. The Hall–Kier alpha value is -0.620. The second kappa shape index (κ2) is 5.35. The summed E-state index contributed by atoms with van der Waals surface area (Å²) in [6, 6.07) is 7.76. The Morgan fingerprint density at radius 1 is 1.29 bits per heavy atom. The first-order valence-electron chi connectivity index (χ1n) is 5.08. The normalized spacial score (nSPS) is 12.7. The molecule has 1 unspecified atom stereocenters. The molecule has 0 radical (unpaired) electrons. The van der Waals surface area contributed by atoms with Crippen LogP contribution in [-0.2, 0) is 0 Å². The van der Waals surface area contributed by atoms with Crippen LogP contribution in [0.5, 0.6) is 0 Å². The minimum atomic E-state index is -0.160. The second-order valence-corrected chi connectivity index (χ2v) is 5.50. The highest BCUT2D eigenvalue weighted by Gasteiger charge is 2.20. The molecule has 0 saturated heterocycles. The molecule has 5 heteroatoms. The zero-order chi connectivity index (χ0) is 12.4. The van der Waals surface area contributed by atoms with E-state index in [1.54, 1.807) is 6.26 Å². The van der Waals surface area contributed by atoms with E-state index in [4.69, 9.17) is 10.3 Å². The fourth-order valence-corrected chi connectivity index (χ4v) is 2.69. The minimum absolute atomic E-state index is 0.160. The molecule has 3 N–H and O–H groups in total. The third-order valence-electron chi connectivity index (χ3n) is 2.62. The molecule has 0 aliphatic rings. The predicted octanol–water partition coefficient (Wildman–Crippen LogP) is 3.67. The maximum absolute atomic E-state index is 5.63. The molecule has 2 aromatic rings. The van der Waals surface area contributed by atoms with Crippen LogP contribution in [0.4, 0.5) is 0 Å². The molecular weight excluding hydrogens is 348 g/mol. The number of aryl methyl sites for hydroxylation is 1. The Bertz CT molecular complexity index is 525. The van der Waals surface area contributed by atoms with Gasteiger partial charge in [0.05, 0.1) is 10.7 Å². The largest absolute Gasteiger partial charge is 0.466 e. The van der Waals surface area contributed by atoms with Crippen LogP contribution in [0.1, 0.15) is 22.9 Å². The smallest absolute Gasteiger partial charge is 0.140 e. The van der Waals surface area contributed by atoms with Crippen molar-refractivity contribution in [1.82, 2.24) is 5.43 Å². The van der Waals surface area contributed by atoms with E-state index < -0.39 is 0 Å². The fourth-order valence-electron chi connectivity index (χ4n) is 1.78. The van der Waals surface area contributed by atoms with Gasteiger partial charge in [-0.15, -0.1) is 0 Å². The quantitative estimate of drug-likeness (QED) is 0.649. The number of nitrogens with two attached hydrogens (primary N) is 1. The lowest BCUT2D eigenvalue weighted by atomic mass is 10.00. The number of benzene rings is 1. The van der Waals surface area contributed by atoms with E-state index in [9.17, 15) is 0 Å². The van der Waals surface area contributed by atoms with Crippen molar-refractivity contribution in [3.8, 4) is 0 Å². The van der Waals surface area contributed by atoms with Crippen LogP contribution in [0, 0.1) is 6.92 Å². The molecule has 0 fully saturated rings. The summed E-state index contributed by atoms with van der Waals surface area (Å²) < 4.78 is 7.41. The molecule has 1 aromatic carbocycles. The molecule has 0 saturated carbocycles. The summed E-state index contributed by atoms with van der Waals surface area (Å²) in [6.45, 7) is 2.04. The van der Waals surface area contributed by atoms with Gasteiger partial charge in [-0.3, -0.25) is 5.84 Å². The molecular formula is C12H12Br2N2O. The van der Waals surface area contributed by atoms with Crippen molar-refractivity contribution in [2.45, 2.75) is 13.0 Å². The maximum atomic E-state index is 5.63. The van der Waals surface area contributed by atoms with Crippen molar-refractivity contribution < 1.29 is 4.42 Å². The van der Waals surface area contributed by atoms with Crippen LogP contribution < -0.4 is 11.3 Å². The molecule has 0 aliphatic heterocycles. The number of halogens is 2. The third kappa shape index (κ3) is 2.63. The van der Waals surface area contributed by atoms with E-state index in [-0.39, 0.29) is 6.04 Å². The number of furan rings is 1. The van der Waals surface area contributed by atoms with Crippen LogP contribution >= 0.6 is 31.9 Å². The molecule has 0 bridgehead atoms. The molecule has 3 nitrogen and oxygen atoms in total. The fraction of sp³-hybridized carbons (Fsp3) is 0.167. The van der Waals surface area contributed by atoms with Gasteiger partial charge >= 0.3 is 0 Å². The lowest BCUT2D eigenvalue weighted by Crippen LogP contribution is -2.29. The first-order chi connectivity index (χ1) is 8.13. The van der Waals surface area contributed by atoms with E-state index in [0.29, 0.717) is 0 Å². The number of rotatable bonds is 3. The molecule has 1 aromatic heterocycles.